The molecule has 33 heavy (non-hydrogen) atoms. The first-order valence-electron chi connectivity index (χ1n) is 10.8. The zero-order valence-corrected chi connectivity index (χ0v) is 20.1. The molecule has 2 heterocycles. The van der Waals surface area contributed by atoms with Gasteiger partial charge in [0.05, 0.1) is 23.7 Å². The van der Waals surface area contributed by atoms with E-state index in [4.69, 9.17) is 23.2 Å². The maximum Gasteiger partial charge on any atom is 0.0737 e. The molecule has 0 bridgehead atoms. The van der Waals surface area contributed by atoms with Gasteiger partial charge in [-0.25, -0.2) is 0 Å². The quantitative estimate of drug-likeness (QED) is 0.300. The molecule has 172 valence electrons. The van der Waals surface area contributed by atoms with Gasteiger partial charge < -0.3 is 20.6 Å². The number of halogens is 2. The van der Waals surface area contributed by atoms with Gasteiger partial charge in [-0.1, -0.05) is 23.2 Å². The number of aliphatic hydroxyl groups is 1. The van der Waals surface area contributed by atoms with Crippen molar-refractivity contribution < 1.29 is 5.11 Å². The smallest absolute Gasteiger partial charge is 0.0737 e. The first-order valence-corrected chi connectivity index (χ1v) is 11.6. The monoisotopic (exact) mass is 483 g/mol. The van der Waals surface area contributed by atoms with Crippen LogP contribution in [0, 0.1) is 0 Å². The Morgan fingerprint density at radius 1 is 0.848 bits per heavy atom. The molecule has 0 saturated carbocycles. The maximum atomic E-state index is 10.0. The van der Waals surface area contributed by atoms with Crippen molar-refractivity contribution in [2.75, 3.05) is 37.4 Å². The SMILES string of the molecule is C[C@@H](CN(C)C[C@H](CO)Nc1ccnc2cc(Cl)ccc12)Nc1ccnc2cc(Cl)ccc12. The Morgan fingerprint density at radius 2 is 1.39 bits per heavy atom. The van der Waals surface area contributed by atoms with Crippen LogP contribution in [0.2, 0.25) is 10.0 Å². The summed E-state index contributed by atoms with van der Waals surface area (Å²) in [7, 11) is 2.05. The second-order valence-corrected chi connectivity index (χ2v) is 9.20. The molecule has 0 aliphatic rings. The third kappa shape index (κ3) is 5.84. The van der Waals surface area contributed by atoms with Crippen molar-refractivity contribution in [3.05, 3.63) is 71.0 Å². The second-order valence-electron chi connectivity index (χ2n) is 8.33. The lowest BCUT2D eigenvalue weighted by molar-refractivity contribution is 0.228. The minimum absolute atomic E-state index is 0.0132. The number of likely N-dealkylation sites (N-methyl/N-ethyl adjacent to an activating group) is 1. The normalized spacial score (nSPS) is 13.4. The van der Waals surface area contributed by atoms with Gasteiger partial charge in [0, 0.05) is 63.7 Å². The Hall–Kier alpha value is -2.64. The molecule has 2 aromatic heterocycles. The summed E-state index contributed by atoms with van der Waals surface area (Å²) in [6.45, 7) is 3.62. The standard InChI is InChI=1S/C25H27Cl2N5O/c1-16(30-22-7-9-28-24-11-17(26)3-5-20(22)24)13-32(2)14-19(15-33)31-23-8-10-29-25-12-18(27)4-6-21(23)25/h3-12,16,19,33H,13-15H2,1-2H3,(H,28,30)(H,29,31)/t16-,19+/m0/s1. The highest BCUT2D eigenvalue weighted by molar-refractivity contribution is 6.31. The lowest BCUT2D eigenvalue weighted by atomic mass is 10.1. The van der Waals surface area contributed by atoms with Crippen molar-refractivity contribution in [3.8, 4) is 0 Å². The molecule has 0 aliphatic carbocycles. The summed E-state index contributed by atoms with van der Waals surface area (Å²) in [6, 6.07) is 15.3. The largest absolute Gasteiger partial charge is 0.394 e. The molecule has 4 aromatic rings. The minimum atomic E-state index is -0.132. The van der Waals surface area contributed by atoms with Gasteiger partial charge >= 0.3 is 0 Å². The third-order valence-corrected chi connectivity index (χ3v) is 5.98. The summed E-state index contributed by atoms with van der Waals surface area (Å²) < 4.78 is 0. The maximum absolute atomic E-state index is 10.0. The Bertz CT molecular complexity index is 1250. The van der Waals surface area contributed by atoms with Crippen LogP contribution in [0.4, 0.5) is 11.4 Å². The van der Waals surface area contributed by atoms with E-state index < -0.39 is 0 Å². The number of aliphatic hydroxyl groups excluding tert-OH is 1. The average molecular weight is 484 g/mol. The highest BCUT2D eigenvalue weighted by atomic mass is 35.5. The third-order valence-electron chi connectivity index (χ3n) is 5.51. The molecule has 2 atom stereocenters. The summed E-state index contributed by atoms with van der Waals surface area (Å²) in [5.74, 6) is 0. The fraction of sp³-hybridized carbons (Fsp3) is 0.280. The Labute approximate surface area is 203 Å². The molecule has 8 heteroatoms. The van der Waals surface area contributed by atoms with E-state index >= 15 is 0 Å². The van der Waals surface area contributed by atoms with Crippen LogP contribution in [-0.2, 0) is 0 Å². The van der Waals surface area contributed by atoms with E-state index in [0.717, 1.165) is 39.7 Å². The molecule has 0 unspecified atom stereocenters. The van der Waals surface area contributed by atoms with Crippen molar-refractivity contribution in [1.29, 1.82) is 0 Å². The van der Waals surface area contributed by atoms with Gasteiger partial charge in [-0.05, 0) is 62.5 Å². The number of anilines is 2. The molecule has 3 N–H and O–H groups in total. The molecule has 0 fully saturated rings. The first kappa shape index (κ1) is 23.5. The number of pyridine rings is 2. The van der Waals surface area contributed by atoms with Gasteiger partial charge in [-0.2, -0.15) is 0 Å². The molecule has 0 saturated heterocycles. The number of rotatable bonds is 9. The van der Waals surface area contributed by atoms with E-state index in [1.54, 1.807) is 12.4 Å². The van der Waals surface area contributed by atoms with Crippen LogP contribution in [0.5, 0.6) is 0 Å². The number of fused-ring (bicyclic) bond motifs is 2. The fourth-order valence-corrected chi connectivity index (χ4v) is 4.43. The Kier molecular flexibility index (Phi) is 7.50. The van der Waals surface area contributed by atoms with Gasteiger partial charge in [-0.15, -0.1) is 0 Å². The highest BCUT2D eigenvalue weighted by Crippen LogP contribution is 2.26. The van der Waals surface area contributed by atoms with E-state index in [2.05, 4.69) is 39.5 Å². The van der Waals surface area contributed by atoms with Gasteiger partial charge in [0.1, 0.15) is 0 Å². The van der Waals surface area contributed by atoms with Crippen molar-refractivity contribution in [1.82, 2.24) is 14.9 Å². The molecular weight excluding hydrogens is 457 g/mol. The number of nitrogens with zero attached hydrogens (tertiary/aromatic N) is 3. The highest BCUT2D eigenvalue weighted by Gasteiger charge is 2.15. The van der Waals surface area contributed by atoms with Gasteiger partial charge in [0.2, 0.25) is 0 Å². The number of nitrogens with one attached hydrogen (secondary N) is 2. The zero-order valence-electron chi connectivity index (χ0n) is 18.6. The molecule has 0 aliphatic heterocycles. The minimum Gasteiger partial charge on any atom is -0.394 e. The molecule has 0 amide bonds. The number of aromatic nitrogens is 2. The molecular formula is C25H27Cl2N5O. The topological polar surface area (TPSA) is 73.3 Å². The van der Waals surface area contributed by atoms with Crippen LogP contribution in [0.25, 0.3) is 21.8 Å². The predicted molar refractivity (Wildman–Crippen MR) is 139 cm³/mol. The molecule has 6 nitrogen and oxygen atoms in total. The van der Waals surface area contributed by atoms with Crippen molar-refractivity contribution in [3.63, 3.8) is 0 Å². The van der Waals surface area contributed by atoms with Crippen LogP contribution in [0.1, 0.15) is 6.92 Å². The Morgan fingerprint density at radius 3 is 1.94 bits per heavy atom. The lowest BCUT2D eigenvalue weighted by Gasteiger charge is -2.28. The van der Waals surface area contributed by atoms with Crippen LogP contribution >= 0.6 is 23.2 Å². The van der Waals surface area contributed by atoms with E-state index in [9.17, 15) is 5.11 Å². The van der Waals surface area contributed by atoms with Crippen LogP contribution in [-0.4, -0.2) is 58.8 Å². The number of hydrogen-bond donors (Lipinski definition) is 3. The summed E-state index contributed by atoms with van der Waals surface area (Å²) in [4.78, 5) is 11.0. The van der Waals surface area contributed by atoms with Gasteiger partial charge in [0.15, 0.2) is 0 Å². The van der Waals surface area contributed by atoms with Gasteiger partial charge in [0.25, 0.3) is 0 Å². The molecule has 2 aromatic carbocycles. The lowest BCUT2D eigenvalue weighted by Crippen LogP contribution is -2.41. The summed E-state index contributed by atoms with van der Waals surface area (Å²) in [6.07, 6.45) is 3.53. The van der Waals surface area contributed by atoms with Crippen LogP contribution in [0.3, 0.4) is 0 Å². The fourth-order valence-electron chi connectivity index (χ4n) is 4.09. The summed E-state index contributed by atoms with van der Waals surface area (Å²) in [5, 5.41) is 20.4. The first-order chi connectivity index (χ1) is 15.9. The average Bonchev–Trinajstić information content (AvgIpc) is 2.78. The van der Waals surface area contributed by atoms with Crippen molar-refractivity contribution in [2.45, 2.75) is 19.0 Å². The second kappa shape index (κ2) is 10.5. The van der Waals surface area contributed by atoms with Crippen LogP contribution in [0.15, 0.2) is 60.9 Å². The van der Waals surface area contributed by atoms with Crippen molar-refractivity contribution in [2.24, 2.45) is 0 Å². The summed E-state index contributed by atoms with van der Waals surface area (Å²) >= 11 is 12.2. The van der Waals surface area contributed by atoms with Gasteiger partial charge in [-0.3, -0.25) is 9.97 Å². The number of hydrogen-bond acceptors (Lipinski definition) is 6. The van der Waals surface area contributed by atoms with E-state index in [1.165, 1.54) is 0 Å². The van der Waals surface area contributed by atoms with E-state index in [-0.39, 0.29) is 18.7 Å². The molecule has 0 radical (unpaired) electrons. The van der Waals surface area contributed by atoms with E-state index in [0.29, 0.717) is 16.6 Å². The zero-order chi connectivity index (χ0) is 23.4. The van der Waals surface area contributed by atoms with E-state index in [1.807, 2.05) is 48.5 Å². The molecule has 4 rings (SSSR count). The van der Waals surface area contributed by atoms with Crippen molar-refractivity contribution >= 4 is 56.4 Å². The molecule has 0 spiro atoms. The Balaban J connectivity index is 1.39. The summed E-state index contributed by atoms with van der Waals surface area (Å²) in [5.41, 5.74) is 3.64. The van der Waals surface area contributed by atoms with Crippen LogP contribution < -0.4 is 10.6 Å². The number of benzene rings is 2. The predicted octanol–water partition coefficient (Wildman–Crippen LogP) is 5.30.